The molecule has 1 saturated heterocycles. The summed E-state index contributed by atoms with van der Waals surface area (Å²) in [4.78, 5) is 24.7. The molecule has 9 heteroatoms. The smallest absolute Gasteiger partial charge is 0.315 e. The monoisotopic (exact) mass is 383 g/mol. The van der Waals surface area contributed by atoms with Crippen LogP contribution in [0.15, 0.2) is 24.3 Å². The molecule has 1 heterocycles. The van der Waals surface area contributed by atoms with E-state index in [-0.39, 0.29) is 23.3 Å². The van der Waals surface area contributed by atoms with Gasteiger partial charge in [0, 0.05) is 17.8 Å². The number of anilines is 1. The third kappa shape index (κ3) is 5.62. The quantitative estimate of drug-likeness (QED) is 0.682. The molecule has 0 aromatic heterocycles. The summed E-state index contributed by atoms with van der Waals surface area (Å²) in [5.41, 5.74) is 0.559. The first kappa shape index (κ1) is 20.0. The van der Waals surface area contributed by atoms with E-state index in [1.807, 2.05) is 13.8 Å². The highest BCUT2D eigenvalue weighted by molar-refractivity contribution is 7.91. The number of benzene rings is 1. The highest BCUT2D eigenvalue weighted by Crippen LogP contribution is 2.17. The Hall–Kier alpha value is -2.29. The fourth-order valence-corrected chi connectivity index (χ4v) is 4.41. The average molecular weight is 383 g/mol. The minimum absolute atomic E-state index is 0.0667. The summed E-state index contributed by atoms with van der Waals surface area (Å²) in [7, 11) is -1.55. The number of ether oxygens (including phenoxy) is 1. The number of methoxy groups -OCH3 is 1. The van der Waals surface area contributed by atoms with Gasteiger partial charge in [-0.15, -0.1) is 0 Å². The van der Waals surface area contributed by atoms with Crippen molar-refractivity contribution in [1.29, 1.82) is 0 Å². The van der Waals surface area contributed by atoms with Crippen molar-refractivity contribution in [1.82, 2.24) is 10.6 Å². The van der Waals surface area contributed by atoms with Crippen molar-refractivity contribution in [2.75, 3.05) is 23.9 Å². The number of hydrogen-bond acceptors (Lipinski definition) is 5. The highest BCUT2D eigenvalue weighted by Gasteiger charge is 2.30. The maximum Gasteiger partial charge on any atom is 0.315 e. The summed E-state index contributed by atoms with van der Waals surface area (Å²) in [6.45, 7) is 3.63. The number of urea groups is 1. The van der Waals surface area contributed by atoms with Crippen LogP contribution in [0.1, 0.15) is 20.3 Å². The predicted octanol–water partition coefficient (Wildman–Crippen LogP) is 1.14. The number of sulfone groups is 1. The summed E-state index contributed by atoms with van der Waals surface area (Å²) >= 11 is 0. The zero-order valence-electron chi connectivity index (χ0n) is 15.1. The summed E-state index contributed by atoms with van der Waals surface area (Å²) in [6, 6.07) is 5.18. The summed E-state index contributed by atoms with van der Waals surface area (Å²) < 4.78 is 28.1. The molecule has 0 bridgehead atoms. The molecule has 0 aliphatic carbocycles. The van der Waals surface area contributed by atoms with Gasteiger partial charge in [0.1, 0.15) is 11.8 Å². The molecule has 26 heavy (non-hydrogen) atoms. The first-order valence-corrected chi connectivity index (χ1v) is 10.2. The van der Waals surface area contributed by atoms with Crippen molar-refractivity contribution < 1.29 is 22.7 Å². The summed E-state index contributed by atoms with van der Waals surface area (Å²) in [6.07, 6.45) is 0.387. The molecule has 8 nitrogen and oxygen atoms in total. The van der Waals surface area contributed by atoms with Crippen LogP contribution in [0.4, 0.5) is 10.5 Å². The summed E-state index contributed by atoms with van der Waals surface area (Å²) in [5, 5.41) is 8.01. The molecule has 1 aliphatic rings. The van der Waals surface area contributed by atoms with Crippen LogP contribution in [-0.2, 0) is 14.6 Å². The standard InChI is InChI=1S/C17H25N3O5S/c1-11(2)15(16(21)18-12-5-4-6-14(9-12)25-3)20-17(22)19-13-7-8-26(23,24)10-13/h4-6,9,11,13,15H,7-8,10H2,1-3H3,(H,18,21)(H2,19,20,22)/t13-,15-/m0/s1. The van der Waals surface area contributed by atoms with E-state index in [0.29, 0.717) is 17.9 Å². The van der Waals surface area contributed by atoms with Crippen molar-refractivity contribution in [2.24, 2.45) is 5.92 Å². The number of hydrogen-bond donors (Lipinski definition) is 3. The molecule has 0 unspecified atom stereocenters. The second kappa shape index (κ2) is 8.39. The third-order valence-corrected chi connectivity index (χ3v) is 5.91. The highest BCUT2D eigenvalue weighted by atomic mass is 32.2. The number of carbonyl (C=O) groups is 2. The largest absolute Gasteiger partial charge is 0.497 e. The molecule has 0 saturated carbocycles. The Kier molecular flexibility index (Phi) is 6.47. The predicted molar refractivity (Wildman–Crippen MR) is 99.0 cm³/mol. The van der Waals surface area contributed by atoms with E-state index >= 15 is 0 Å². The number of nitrogens with one attached hydrogen (secondary N) is 3. The lowest BCUT2D eigenvalue weighted by Gasteiger charge is -2.23. The van der Waals surface area contributed by atoms with Gasteiger partial charge in [-0.05, 0) is 24.5 Å². The number of amides is 3. The first-order valence-electron chi connectivity index (χ1n) is 8.42. The second-order valence-corrected chi connectivity index (χ2v) is 8.89. The van der Waals surface area contributed by atoms with E-state index in [1.54, 1.807) is 24.3 Å². The van der Waals surface area contributed by atoms with Crippen LogP contribution in [0.25, 0.3) is 0 Å². The van der Waals surface area contributed by atoms with Crippen LogP contribution in [0.5, 0.6) is 5.75 Å². The van der Waals surface area contributed by atoms with Crippen molar-refractivity contribution in [2.45, 2.75) is 32.4 Å². The molecule has 2 atom stereocenters. The average Bonchev–Trinajstić information content (AvgIpc) is 2.90. The van der Waals surface area contributed by atoms with E-state index in [0.717, 1.165) is 0 Å². The SMILES string of the molecule is COc1cccc(NC(=O)[C@@H](NC(=O)N[C@H]2CCS(=O)(=O)C2)C(C)C)c1. The molecule has 3 amide bonds. The van der Waals surface area contributed by atoms with E-state index in [1.165, 1.54) is 7.11 Å². The van der Waals surface area contributed by atoms with E-state index in [4.69, 9.17) is 4.74 Å². The zero-order valence-corrected chi connectivity index (χ0v) is 15.9. The first-order chi connectivity index (χ1) is 12.2. The summed E-state index contributed by atoms with van der Waals surface area (Å²) in [5.74, 6) is 0.100. The van der Waals surface area contributed by atoms with Crippen molar-refractivity contribution in [3.63, 3.8) is 0 Å². The molecule has 3 N–H and O–H groups in total. The van der Waals surface area contributed by atoms with Crippen LogP contribution < -0.4 is 20.7 Å². The van der Waals surface area contributed by atoms with Crippen LogP contribution in [0.2, 0.25) is 0 Å². The Morgan fingerprint density at radius 2 is 2.00 bits per heavy atom. The van der Waals surface area contributed by atoms with Gasteiger partial charge in [0.05, 0.1) is 18.6 Å². The lowest BCUT2D eigenvalue weighted by atomic mass is 10.0. The molecule has 144 valence electrons. The molecule has 1 aromatic rings. The van der Waals surface area contributed by atoms with Gasteiger partial charge >= 0.3 is 6.03 Å². The zero-order chi connectivity index (χ0) is 19.3. The molecular weight excluding hydrogens is 358 g/mol. The fourth-order valence-electron chi connectivity index (χ4n) is 2.73. The van der Waals surface area contributed by atoms with Gasteiger partial charge in [-0.1, -0.05) is 19.9 Å². The lowest BCUT2D eigenvalue weighted by molar-refractivity contribution is -0.118. The molecule has 1 aliphatic heterocycles. The number of rotatable bonds is 6. The van der Waals surface area contributed by atoms with Gasteiger partial charge in [-0.2, -0.15) is 0 Å². The molecular formula is C17H25N3O5S. The molecule has 1 fully saturated rings. The van der Waals surface area contributed by atoms with Gasteiger partial charge in [0.2, 0.25) is 5.91 Å². The van der Waals surface area contributed by atoms with E-state index in [2.05, 4.69) is 16.0 Å². The Bertz CT molecular complexity index is 763. The van der Waals surface area contributed by atoms with Crippen LogP contribution in [0, 0.1) is 5.92 Å². The maximum atomic E-state index is 12.5. The van der Waals surface area contributed by atoms with Gasteiger partial charge < -0.3 is 20.7 Å². The molecule has 1 aromatic carbocycles. The van der Waals surface area contributed by atoms with Gasteiger partial charge in [0.25, 0.3) is 0 Å². The molecule has 0 radical (unpaired) electrons. The molecule has 0 spiro atoms. The van der Waals surface area contributed by atoms with Crippen molar-refractivity contribution in [3.8, 4) is 5.75 Å². The Labute approximate surface area is 153 Å². The van der Waals surface area contributed by atoms with Gasteiger partial charge in [-0.3, -0.25) is 4.79 Å². The van der Waals surface area contributed by atoms with E-state index in [9.17, 15) is 18.0 Å². The lowest BCUT2D eigenvalue weighted by Crippen LogP contribution is -2.52. The topological polar surface area (TPSA) is 114 Å². The van der Waals surface area contributed by atoms with Gasteiger partial charge in [-0.25, -0.2) is 13.2 Å². The second-order valence-electron chi connectivity index (χ2n) is 6.66. The Balaban J connectivity index is 1.96. The minimum atomic E-state index is -3.08. The number of carbonyl (C=O) groups excluding carboxylic acids is 2. The Morgan fingerprint density at radius 1 is 1.27 bits per heavy atom. The van der Waals surface area contributed by atoms with Gasteiger partial charge in [0.15, 0.2) is 9.84 Å². The molecule has 2 rings (SSSR count). The normalized spacial score (nSPS) is 19.6. The third-order valence-electron chi connectivity index (χ3n) is 4.14. The maximum absolute atomic E-state index is 12.5. The van der Waals surface area contributed by atoms with E-state index < -0.39 is 28.0 Å². The van der Waals surface area contributed by atoms with Crippen molar-refractivity contribution >= 4 is 27.5 Å². The van der Waals surface area contributed by atoms with Crippen LogP contribution in [-0.4, -0.2) is 51.1 Å². The minimum Gasteiger partial charge on any atom is -0.497 e. The van der Waals surface area contributed by atoms with Crippen LogP contribution >= 0.6 is 0 Å². The fraction of sp³-hybridized carbons (Fsp3) is 0.529. The van der Waals surface area contributed by atoms with Crippen molar-refractivity contribution in [3.05, 3.63) is 24.3 Å². The Morgan fingerprint density at radius 3 is 2.58 bits per heavy atom. The van der Waals surface area contributed by atoms with Crippen LogP contribution in [0.3, 0.4) is 0 Å².